The standard InChI is InChI=1S/C9H14N2O2/c12-9-4-10-5-11(9)7-3-6-1-2-8(7)13-6/h6-8,10H,1-5H2. The van der Waals surface area contributed by atoms with E-state index in [0.717, 1.165) is 19.5 Å². The van der Waals surface area contributed by atoms with E-state index in [0.29, 0.717) is 24.8 Å². The zero-order chi connectivity index (χ0) is 8.84. The maximum absolute atomic E-state index is 11.4. The van der Waals surface area contributed by atoms with Gasteiger partial charge in [-0.05, 0) is 19.3 Å². The van der Waals surface area contributed by atoms with Crippen LogP contribution in [0.4, 0.5) is 0 Å². The van der Waals surface area contributed by atoms with Crippen LogP contribution >= 0.6 is 0 Å². The second kappa shape index (κ2) is 2.69. The first-order valence-electron chi connectivity index (χ1n) is 5.00. The number of nitrogens with one attached hydrogen (secondary N) is 1. The maximum Gasteiger partial charge on any atom is 0.237 e. The number of rotatable bonds is 1. The van der Waals surface area contributed by atoms with Gasteiger partial charge in [0.15, 0.2) is 0 Å². The van der Waals surface area contributed by atoms with Crippen molar-refractivity contribution in [3.05, 3.63) is 0 Å². The Kier molecular flexibility index (Phi) is 1.60. The molecule has 0 aromatic rings. The monoisotopic (exact) mass is 182 g/mol. The normalized spacial score (nSPS) is 43.5. The molecule has 0 spiro atoms. The van der Waals surface area contributed by atoms with Crippen molar-refractivity contribution in [1.82, 2.24) is 10.2 Å². The quantitative estimate of drug-likeness (QED) is 0.605. The Labute approximate surface area is 77.2 Å². The number of amides is 1. The van der Waals surface area contributed by atoms with Crippen molar-refractivity contribution < 1.29 is 9.53 Å². The molecule has 3 rings (SSSR count). The summed E-state index contributed by atoms with van der Waals surface area (Å²) in [6.07, 6.45) is 4.14. The Bertz CT molecular complexity index is 244. The van der Waals surface area contributed by atoms with Gasteiger partial charge in [0.25, 0.3) is 0 Å². The van der Waals surface area contributed by atoms with Crippen LogP contribution in [0.3, 0.4) is 0 Å². The lowest BCUT2D eigenvalue weighted by molar-refractivity contribution is -0.129. The molecule has 3 aliphatic rings. The van der Waals surface area contributed by atoms with Crippen molar-refractivity contribution >= 4 is 5.91 Å². The van der Waals surface area contributed by atoms with Gasteiger partial charge in [-0.25, -0.2) is 0 Å². The Morgan fingerprint density at radius 1 is 1.46 bits per heavy atom. The van der Waals surface area contributed by atoms with Crippen LogP contribution in [0.15, 0.2) is 0 Å². The predicted molar refractivity (Wildman–Crippen MR) is 46.0 cm³/mol. The van der Waals surface area contributed by atoms with Crippen LogP contribution in [-0.2, 0) is 9.53 Å². The molecule has 72 valence electrons. The lowest BCUT2D eigenvalue weighted by atomic mass is 9.94. The predicted octanol–water partition coefficient (Wildman–Crippen LogP) is -0.304. The third-order valence-corrected chi connectivity index (χ3v) is 3.35. The summed E-state index contributed by atoms with van der Waals surface area (Å²) in [6.45, 7) is 1.23. The molecule has 0 radical (unpaired) electrons. The summed E-state index contributed by atoms with van der Waals surface area (Å²) in [5, 5.41) is 3.08. The van der Waals surface area contributed by atoms with Crippen LogP contribution in [-0.4, -0.2) is 42.3 Å². The van der Waals surface area contributed by atoms with Crippen molar-refractivity contribution in [2.24, 2.45) is 0 Å². The summed E-state index contributed by atoms with van der Waals surface area (Å²) in [6, 6.07) is 0.362. The van der Waals surface area contributed by atoms with E-state index in [1.54, 1.807) is 0 Å². The first-order valence-corrected chi connectivity index (χ1v) is 5.00. The summed E-state index contributed by atoms with van der Waals surface area (Å²) in [5.41, 5.74) is 0. The highest BCUT2D eigenvalue weighted by molar-refractivity contribution is 5.80. The average molecular weight is 182 g/mol. The van der Waals surface area contributed by atoms with Crippen LogP contribution in [0, 0.1) is 0 Å². The van der Waals surface area contributed by atoms with Crippen molar-refractivity contribution in [3.63, 3.8) is 0 Å². The van der Waals surface area contributed by atoms with Crippen LogP contribution in [0.25, 0.3) is 0 Å². The van der Waals surface area contributed by atoms with Gasteiger partial charge in [0.2, 0.25) is 5.91 Å². The smallest absolute Gasteiger partial charge is 0.237 e. The Balaban J connectivity index is 1.75. The largest absolute Gasteiger partial charge is 0.373 e. The average Bonchev–Trinajstić information content (AvgIpc) is 2.77. The van der Waals surface area contributed by atoms with Gasteiger partial charge >= 0.3 is 0 Å². The molecule has 1 N–H and O–H groups in total. The van der Waals surface area contributed by atoms with Gasteiger partial charge in [0.05, 0.1) is 31.5 Å². The second-order valence-corrected chi connectivity index (χ2v) is 4.13. The van der Waals surface area contributed by atoms with E-state index in [1.807, 2.05) is 4.90 Å². The van der Waals surface area contributed by atoms with Gasteiger partial charge in [-0.1, -0.05) is 0 Å². The van der Waals surface area contributed by atoms with Crippen LogP contribution < -0.4 is 5.32 Å². The summed E-state index contributed by atoms with van der Waals surface area (Å²) in [5.74, 6) is 0.237. The molecule has 3 atom stereocenters. The molecule has 13 heavy (non-hydrogen) atoms. The Hall–Kier alpha value is -0.610. The van der Waals surface area contributed by atoms with Gasteiger partial charge < -0.3 is 9.64 Å². The number of nitrogens with zero attached hydrogens (tertiary/aromatic N) is 1. The SMILES string of the molecule is O=C1CNCN1C1CC2CCC1O2. The first kappa shape index (κ1) is 7.76. The molecule has 0 saturated carbocycles. The molecule has 3 saturated heterocycles. The van der Waals surface area contributed by atoms with E-state index < -0.39 is 0 Å². The molecule has 1 amide bonds. The molecule has 0 aliphatic carbocycles. The molecule has 0 aromatic carbocycles. The molecular weight excluding hydrogens is 168 g/mol. The van der Waals surface area contributed by atoms with E-state index >= 15 is 0 Å². The van der Waals surface area contributed by atoms with Crippen molar-refractivity contribution in [1.29, 1.82) is 0 Å². The van der Waals surface area contributed by atoms with Gasteiger partial charge in [0, 0.05) is 0 Å². The zero-order valence-electron chi connectivity index (χ0n) is 7.53. The minimum atomic E-state index is 0.237. The van der Waals surface area contributed by atoms with E-state index in [1.165, 1.54) is 6.42 Å². The van der Waals surface area contributed by atoms with E-state index in [9.17, 15) is 4.79 Å². The Morgan fingerprint density at radius 3 is 2.92 bits per heavy atom. The van der Waals surface area contributed by atoms with Gasteiger partial charge in [-0.3, -0.25) is 10.1 Å². The van der Waals surface area contributed by atoms with Crippen molar-refractivity contribution in [2.75, 3.05) is 13.2 Å². The highest BCUT2D eigenvalue weighted by Gasteiger charge is 2.45. The fourth-order valence-electron chi connectivity index (χ4n) is 2.71. The summed E-state index contributed by atoms with van der Waals surface area (Å²) < 4.78 is 5.72. The maximum atomic E-state index is 11.4. The molecule has 3 aliphatic heterocycles. The van der Waals surface area contributed by atoms with E-state index in [2.05, 4.69) is 5.32 Å². The number of carbonyl (C=O) groups excluding carboxylic acids is 1. The fraction of sp³-hybridized carbons (Fsp3) is 0.889. The second-order valence-electron chi connectivity index (χ2n) is 4.13. The molecular formula is C9H14N2O2. The Morgan fingerprint density at radius 2 is 2.38 bits per heavy atom. The lowest BCUT2D eigenvalue weighted by Crippen LogP contribution is -2.43. The van der Waals surface area contributed by atoms with Gasteiger partial charge in [-0.15, -0.1) is 0 Å². The van der Waals surface area contributed by atoms with E-state index in [4.69, 9.17) is 4.74 Å². The molecule has 0 aromatic heterocycles. The number of hydrogen-bond donors (Lipinski definition) is 1. The molecule has 4 nitrogen and oxygen atoms in total. The number of carbonyl (C=O) groups is 1. The zero-order valence-corrected chi connectivity index (χ0v) is 7.53. The molecule has 3 unspecified atom stereocenters. The number of hydrogen-bond acceptors (Lipinski definition) is 3. The van der Waals surface area contributed by atoms with E-state index in [-0.39, 0.29) is 5.91 Å². The fourth-order valence-corrected chi connectivity index (χ4v) is 2.71. The first-order chi connectivity index (χ1) is 6.34. The number of fused-ring (bicyclic) bond motifs is 2. The highest BCUT2D eigenvalue weighted by Crippen LogP contribution is 2.37. The van der Waals surface area contributed by atoms with Gasteiger partial charge in [0.1, 0.15) is 0 Å². The molecule has 3 fully saturated rings. The summed E-state index contributed by atoms with van der Waals surface area (Å²) >= 11 is 0. The molecule has 3 heterocycles. The summed E-state index contributed by atoms with van der Waals surface area (Å²) in [4.78, 5) is 13.4. The van der Waals surface area contributed by atoms with Gasteiger partial charge in [-0.2, -0.15) is 0 Å². The summed E-state index contributed by atoms with van der Waals surface area (Å²) in [7, 11) is 0. The lowest BCUT2D eigenvalue weighted by Gasteiger charge is -2.28. The highest BCUT2D eigenvalue weighted by atomic mass is 16.5. The van der Waals surface area contributed by atoms with Crippen LogP contribution in [0.5, 0.6) is 0 Å². The van der Waals surface area contributed by atoms with Crippen molar-refractivity contribution in [2.45, 2.75) is 37.5 Å². The van der Waals surface area contributed by atoms with Crippen LogP contribution in [0.1, 0.15) is 19.3 Å². The third kappa shape index (κ3) is 1.09. The van der Waals surface area contributed by atoms with Crippen LogP contribution in [0.2, 0.25) is 0 Å². The topological polar surface area (TPSA) is 41.6 Å². The molecule has 4 heteroatoms. The van der Waals surface area contributed by atoms with Crippen molar-refractivity contribution in [3.8, 4) is 0 Å². The minimum absolute atomic E-state index is 0.237. The number of ether oxygens (including phenoxy) is 1. The third-order valence-electron chi connectivity index (χ3n) is 3.35. The molecule has 2 bridgehead atoms. The minimum Gasteiger partial charge on any atom is -0.373 e.